The topological polar surface area (TPSA) is 58.6 Å². The number of carbonyl (C=O) groups excluding carboxylic acids is 2. The summed E-state index contributed by atoms with van der Waals surface area (Å²) in [6.07, 6.45) is 3.96. The molecular formula is C20H25ClN2O3. The predicted molar refractivity (Wildman–Crippen MR) is 101 cm³/mol. The number of benzene rings is 1. The van der Waals surface area contributed by atoms with Crippen LogP contribution in [0.5, 0.6) is 0 Å². The molecule has 0 unspecified atom stereocenters. The van der Waals surface area contributed by atoms with Gasteiger partial charge in [0.05, 0.1) is 11.6 Å². The number of amides is 2. The number of ether oxygens (including phenoxy) is 1. The molecule has 26 heavy (non-hydrogen) atoms. The number of halogens is 1. The molecule has 0 spiro atoms. The quantitative estimate of drug-likeness (QED) is 0.794. The molecule has 3 rings (SSSR count). The van der Waals surface area contributed by atoms with Crippen molar-refractivity contribution in [2.75, 3.05) is 7.05 Å². The molecule has 1 aliphatic heterocycles. The van der Waals surface area contributed by atoms with Crippen molar-refractivity contribution < 1.29 is 14.3 Å². The van der Waals surface area contributed by atoms with Crippen LogP contribution in [0, 0.1) is 5.92 Å². The molecule has 1 aromatic carbocycles. The van der Waals surface area contributed by atoms with Gasteiger partial charge in [0.1, 0.15) is 6.10 Å². The van der Waals surface area contributed by atoms with Crippen LogP contribution in [0.25, 0.3) is 0 Å². The van der Waals surface area contributed by atoms with E-state index in [0.29, 0.717) is 27.8 Å². The molecular weight excluding hydrogens is 352 g/mol. The van der Waals surface area contributed by atoms with Crippen molar-refractivity contribution in [1.29, 1.82) is 0 Å². The largest absolute Gasteiger partial charge is 0.459 e. The van der Waals surface area contributed by atoms with E-state index in [-0.39, 0.29) is 18.1 Å². The van der Waals surface area contributed by atoms with Crippen molar-refractivity contribution in [2.24, 2.45) is 5.92 Å². The van der Waals surface area contributed by atoms with Gasteiger partial charge in [-0.15, -0.1) is 0 Å². The smallest absolute Gasteiger partial charge is 0.338 e. The van der Waals surface area contributed by atoms with Crippen molar-refractivity contribution in [3.63, 3.8) is 0 Å². The third-order valence-corrected chi connectivity index (χ3v) is 5.70. The van der Waals surface area contributed by atoms with Crippen LogP contribution in [0.3, 0.4) is 0 Å². The minimum Gasteiger partial charge on any atom is -0.459 e. The average molecular weight is 377 g/mol. The second-order valence-electron chi connectivity index (χ2n) is 7.26. The first-order chi connectivity index (χ1) is 12.4. The van der Waals surface area contributed by atoms with E-state index in [1.54, 1.807) is 20.0 Å². The van der Waals surface area contributed by atoms with Crippen molar-refractivity contribution in [3.05, 3.63) is 46.1 Å². The lowest BCUT2D eigenvalue weighted by Gasteiger charge is -2.35. The van der Waals surface area contributed by atoms with Gasteiger partial charge in [-0.25, -0.2) is 9.59 Å². The molecule has 2 aliphatic rings. The summed E-state index contributed by atoms with van der Waals surface area (Å²) in [7, 11) is 1.64. The van der Waals surface area contributed by atoms with Crippen LogP contribution in [0.2, 0.25) is 5.02 Å². The maximum Gasteiger partial charge on any atom is 0.338 e. The summed E-state index contributed by atoms with van der Waals surface area (Å²) in [5, 5.41) is 3.38. The van der Waals surface area contributed by atoms with Gasteiger partial charge >= 0.3 is 12.0 Å². The van der Waals surface area contributed by atoms with Crippen LogP contribution in [-0.4, -0.2) is 30.1 Å². The number of carbonyl (C=O) groups is 2. The number of hydrogen-bond donors (Lipinski definition) is 1. The summed E-state index contributed by atoms with van der Waals surface area (Å²) >= 11 is 6.33. The summed E-state index contributed by atoms with van der Waals surface area (Å²) in [5.74, 6) is 0.183. The standard InChI is InChI=1S/C20H25ClN2O3/c1-12-7-6-8-14(11-12)26-19(24)17-13(2)23(3)20(25)22-18(17)15-9-4-5-10-16(15)21/h4-5,9-10,12,14,18H,6-8,11H2,1-3H3,(H,22,25)/t12-,14+,18+/m0/s1. The minimum atomic E-state index is -0.610. The fourth-order valence-corrected chi connectivity index (χ4v) is 3.99. The number of nitrogens with zero attached hydrogens (tertiary/aromatic N) is 1. The molecule has 1 aliphatic carbocycles. The van der Waals surface area contributed by atoms with Crippen LogP contribution in [0.4, 0.5) is 4.79 Å². The molecule has 140 valence electrons. The van der Waals surface area contributed by atoms with Crippen LogP contribution in [-0.2, 0) is 9.53 Å². The number of esters is 1. The Hall–Kier alpha value is -2.01. The summed E-state index contributed by atoms with van der Waals surface area (Å²) in [6.45, 7) is 3.95. The SMILES string of the molecule is CC1=C(C(=O)O[C@@H]2CCC[C@H](C)C2)[C@@H](c2ccccc2Cl)NC(=O)N1C. The van der Waals surface area contributed by atoms with E-state index in [1.807, 2.05) is 18.2 Å². The van der Waals surface area contributed by atoms with Gasteiger partial charge in [0.15, 0.2) is 0 Å². The summed E-state index contributed by atoms with van der Waals surface area (Å²) in [5.41, 5.74) is 1.73. The highest BCUT2D eigenvalue weighted by atomic mass is 35.5. The predicted octanol–water partition coefficient (Wildman–Crippen LogP) is 4.43. The van der Waals surface area contributed by atoms with Gasteiger partial charge in [0, 0.05) is 17.8 Å². The molecule has 6 heteroatoms. The minimum absolute atomic E-state index is 0.0682. The Balaban J connectivity index is 1.92. The maximum absolute atomic E-state index is 13.0. The van der Waals surface area contributed by atoms with Crippen molar-refractivity contribution >= 4 is 23.6 Å². The molecule has 3 atom stereocenters. The molecule has 1 saturated carbocycles. The Kier molecular flexibility index (Phi) is 5.56. The van der Waals surface area contributed by atoms with Crippen molar-refractivity contribution in [3.8, 4) is 0 Å². The lowest BCUT2D eigenvalue weighted by Crippen LogP contribution is -2.46. The van der Waals surface area contributed by atoms with E-state index in [2.05, 4.69) is 12.2 Å². The van der Waals surface area contributed by atoms with Crippen LogP contribution >= 0.6 is 11.6 Å². The number of rotatable bonds is 3. The maximum atomic E-state index is 13.0. The monoisotopic (exact) mass is 376 g/mol. The van der Waals surface area contributed by atoms with E-state index < -0.39 is 6.04 Å². The van der Waals surface area contributed by atoms with Gasteiger partial charge in [-0.3, -0.25) is 0 Å². The molecule has 2 amide bonds. The first kappa shape index (κ1) is 18.8. The zero-order valence-corrected chi connectivity index (χ0v) is 16.2. The number of nitrogens with one attached hydrogen (secondary N) is 1. The Morgan fingerprint density at radius 2 is 2.04 bits per heavy atom. The van der Waals surface area contributed by atoms with Gasteiger partial charge in [0.2, 0.25) is 0 Å². The highest BCUT2D eigenvalue weighted by molar-refractivity contribution is 6.31. The van der Waals surface area contributed by atoms with Gasteiger partial charge in [-0.05, 0) is 43.7 Å². The third kappa shape index (κ3) is 3.73. The molecule has 1 heterocycles. The van der Waals surface area contributed by atoms with Crippen LogP contribution in [0.15, 0.2) is 35.5 Å². The normalized spacial score (nSPS) is 26.5. The van der Waals surface area contributed by atoms with Gasteiger partial charge in [-0.1, -0.05) is 43.1 Å². The highest BCUT2D eigenvalue weighted by Gasteiger charge is 2.37. The number of urea groups is 1. The lowest BCUT2D eigenvalue weighted by atomic mass is 9.88. The summed E-state index contributed by atoms with van der Waals surface area (Å²) in [4.78, 5) is 26.8. The van der Waals surface area contributed by atoms with Crippen molar-refractivity contribution in [2.45, 2.75) is 51.7 Å². The van der Waals surface area contributed by atoms with Gasteiger partial charge in [-0.2, -0.15) is 0 Å². The first-order valence-electron chi connectivity index (χ1n) is 9.09. The second kappa shape index (κ2) is 7.70. The fraction of sp³-hybridized carbons (Fsp3) is 0.500. The van der Waals surface area contributed by atoms with Crippen LogP contribution in [0.1, 0.15) is 51.1 Å². The molecule has 0 saturated heterocycles. The summed E-state index contributed by atoms with van der Waals surface area (Å²) < 4.78 is 5.83. The average Bonchev–Trinajstić information content (AvgIpc) is 2.59. The molecule has 0 radical (unpaired) electrons. The number of allylic oxidation sites excluding steroid dienone is 1. The zero-order chi connectivity index (χ0) is 18.8. The Bertz CT molecular complexity index is 746. The lowest BCUT2D eigenvalue weighted by molar-refractivity contribution is -0.147. The van der Waals surface area contributed by atoms with E-state index >= 15 is 0 Å². The Morgan fingerprint density at radius 1 is 1.31 bits per heavy atom. The molecule has 1 fully saturated rings. The second-order valence-corrected chi connectivity index (χ2v) is 7.67. The molecule has 1 N–H and O–H groups in total. The molecule has 5 nitrogen and oxygen atoms in total. The van der Waals surface area contributed by atoms with Crippen LogP contribution < -0.4 is 5.32 Å². The Labute approximate surface area is 159 Å². The molecule has 0 bridgehead atoms. The van der Waals surface area contributed by atoms with Crippen molar-refractivity contribution in [1.82, 2.24) is 10.2 Å². The van der Waals surface area contributed by atoms with E-state index in [1.165, 1.54) is 11.3 Å². The van der Waals surface area contributed by atoms with E-state index in [4.69, 9.17) is 16.3 Å². The van der Waals surface area contributed by atoms with E-state index in [0.717, 1.165) is 19.3 Å². The molecule has 1 aromatic rings. The third-order valence-electron chi connectivity index (χ3n) is 5.35. The fourth-order valence-electron chi connectivity index (χ4n) is 3.74. The molecule has 0 aromatic heterocycles. The van der Waals surface area contributed by atoms with Gasteiger partial charge < -0.3 is 15.0 Å². The first-order valence-corrected chi connectivity index (χ1v) is 9.46. The number of hydrogen-bond acceptors (Lipinski definition) is 3. The Morgan fingerprint density at radius 3 is 2.73 bits per heavy atom. The highest BCUT2D eigenvalue weighted by Crippen LogP contribution is 2.35. The zero-order valence-electron chi connectivity index (χ0n) is 15.4. The van der Waals surface area contributed by atoms with Gasteiger partial charge in [0.25, 0.3) is 0 Å². The summed E-state index contributed by atoms with van der Waals surface area (Å²) in [6, 6.07) is 6.36. The van der Waals surface area contributed by atoms with E-state index in [9.17, 15) is 9.59 Å².